The van der Waals surface area contributed by atoms with Crippen molar-refractivity contribution in [3.8, 4) is 0 Å². The monoisotopic (exact) mass is 284 g/mol. The highest BCUT2D eigenvalue weighted by molar-refractivity contribution is 6.34. The molecule has 1 heterocycles. The molecule has 1 aliphatic heterocycles. The maximum absolute atomic E-state index is 11.9. The van der Waals surface area contributed by atoms with Gasteiger partial charge in [0.05, 0.1) is 30.0 Å². The second-order valence-corrected chi connectivity index (χ2v) is 4.75. The number of hydrogen-bond donors (Lipinski definition) is 1. The average molecular weight is 285 g/mol. The molecule has 19 heavy (non-hydrogen) atoms. The summed E-state index contributed by atoms with van der Waals surface area (Å²) < 4.78 is 10.2. The van der Waals surface area contributed by atoms with Crippen molar-refractivity contribution in [1.82, 2.24) is 0 Å². The van der Waals surface area contributed by atoms with E-state index in [2.05, 4.69) is 0 Å². The highest BCUT2D eigenvalue weighted by Gasteiger charge is 2.22. The molecule has 0 radical (unpaired) electrons. The number of nitrogens with two attached hydrogens (primary N) is 1. The first-order valence-corrected chi connectivity index (χ1v) is 6.51. The summed E-state index contributed by atoms with van der Waals surface area (Å²) in [4.78, 5) is 13.9. The third-order valence-electron chi connectivity index (χ3n) is 3.03. The van der Waals surface area contributed by atoms with Crippen molar-refractivity contribution in [2.75, 3.05) is 44.0 Å². The molecular formula is C13H17ClN2O3. The molecule has 0 saturated carbocycles. The minimum atomic E-state index is -0.436. The van der Waals surface area contributed by atoms with Crippen LogP contribution in [0.15, 0.2) is 12.1 Å². The molecule has 0 atom stereocenters. The van der Waals surface area contributed by atoms with E-state index in [4.69, 9.17) is 26.8 Å². The van der Waals surface area contributed by atoms with E-state index in [-0.39, 0.29) is 0 Å². The molecule has 0 aromatic heterocycles. The summed E-state index contributed by atoms with van der Waals surface area (Å²) in [6.45, 7) is 2.80. The largest absolute Gasteiger partial charge is 0.465 e. The maximum atomic E-state index is 11.9. The minimum absolute atomic E-state index is 0.398. The van der Waals surface area contributed by atoms with Gasteiger partial charge in [-0.25, -0.2) is 4.79 Å². The van der Waals surface area contributed by atoms with Gasteiger partial charge in [0.25, 0.3) is 0 Å². The lowest BCUT2D eigenvalue weighted by molar-refractivity contribution is 0.0601. The van der Waals surface area contributed by atoms with Crippen LogP contribution >= 0.6 is 11.6 Å². The van der Waals surface area contributed by atoms with E-state index in [1.807, 2.05) is 4.90 Å². The van der Waals surface area contributed by atoms with Crippen molar-refractivity contribution in [2.24, 2.45) is 0 Å². The van der Waals surface area contributed by atoms with Gasteiger partial charge in [0.1, 0.15) is 0 Å². The second kappa shape index (κ2) is 6.12. The van der Waals surface area contributed by atoms with Crippen molar-refractivity contribution < 1.29 is 14.3 Å². The van der Waals surface area contributed by atoms with Crippen LogP contribution in [0.1, 0.15) is 16.8 Å². The Bertz CT molecular complexity index is 471. The zero-order valence-corrected chi connectivity index (χ0v) is 11.6. The number of halogens is 1. The zero-order chi connectivity index (χ0) is 13.8. The summed E-state index contributed by atoms with van der Waals surface area (Å²) in [6, 6.07) is 3.24. The molecule has 1 aromatic rings. The van der Waals surface area contributed by atoms with Crippen LogP contribution < -0.4 is 10.6 Å². The van der Waals surface area contributed by atoms with Gasteiger partial charge in [-0.15, -0.1) is 0 Å². The Hall–Kier alpha value is -1.46. The number of hydrogen-bond acceptors (Lipinski definition) is 5. The summed E-state index contributed by atoms with van der Waals surface area (Å²) >= 11 is 6.25. The number of nitrogens with zero attached hydrogens (tertiary/aromatic N) is 1. The first kappa shape index (κ1) is 14.0. The summed E-state index contributed by atoms with van der Waals surface area (Å²) in [7, 11) is 1.34. The number of carbonyl (C=O) groups excluding carboxylic acids is 1. The smallest absolute Gasteiger partial charge is 0.340 e. The van der Waals surface area contributed by atoms with E-state index < -0.39 is 5.97 Å². The fourth-order valence-electron chi connectivity index (χ4n) is 2.18. The van der Waals surface area contributed by atoms with Gasteiger partial charge >= 0.3 is 5.97 Å². The highest BCUT2D eigenvalue weighted by atomic mass is 35.5. The molecule has 0 spiro atoms. The molecule has 2 N–H and O–H groups in total. The summed E-state index contributed by atoms with van der Waals surface area (Å²) in [5, 5.41) is 0.460. The first-order valence-electron chi connectivity index (χ1n) is 6.13. The van der Waals surface area contributed by atoms with Crippen LogP contribution in [0.2, 0.25) is 5.02 Å². The van der Waals surface area contributed by atoms with Crippen molar-refractivity contribution in [3.63, 3.8) is 0 Å². The number of esters is 1. The number of methoxy groups -OCH3 is 1. The van der Waals surface area contributed by atoms with Gasteiger partial charge in [-0.3, -0.25) is 0 Å². The number of ether oxygens (including phenoxy) is 2. The molecule has 5 nitrogen and oxygen atoms in total. The topological polar surface area (TPSA) is 64.8 Å². The summed E-state index contributed by atoms with van der Waals surface area (Å²) in [5.41, 5.74) is 7.26. The maximum Gasteiger partial charge on any atom is 0.340 e. The van der Waals surface area contributed by atoms with Crippen LogP contribution in [0.4, 0.5) is 11.4 Å². The standard InChI is InChI=1S/C13H17ClN2O3/c1-18-13(17)10-7-9(15)8-11(14)12(10)16-3-2-5-19-6-4-16/h7-8H,2-6,15H2,1H3. The molecule has 6 heteroatoms. The van der Waals surface area contributed by atoms with Gasteiger partial charge in [0, 0.05) is 25.4 Å². The lowest BCUT2D eigenvalue weighted by atomic mass is 10.1. The Morgan fingerprint density at radius 2 is 2.21 bits per heavy atom. The summed E-state index contributed by atoms with van der Waals surface area (Å²) in [5.74, 6) is -0.436. The molecule has 1 aromatic carbocycles. The first-order chi connectivity index (χ1) is 9.13. The number of carbonyl (C=O) groups is 1. The van der Waals surface area contributed by atoms with E-state index in [0.29, 0.717) is 35.1 Å². The van der Waals surface area contributed by atoms with E-state index in [1.54, 1.807) is 12.1 Å². The Labute approximate surface area is 117 Å². The molecule has 1 fully saturated rings. The van der Waals surface area contributed by atoms with Crippen LogP contribution in [-0.2, 0) is 9.47 Å². The van der Waals surface area contributed by atoms with Gasteiger partial charge in [-0.05, 0) is 18.6 Å². The fourth-order valence-corrected chi connectivity index (χ4v) is 2.52. The molecule has 0 bridgehead atoms. The molecule has 1 aliphatic rings. The number of rotatable bonds is 2. The molecule has 2 rings (SSSR count). The van der Waals surface area contributed by atoms with Crippen molar-refractivity contribution in [3.05, 3.63) is 22.7 Å². The second-order valence-electron chi connectivity index (χ2n) is 4.34. The Balaban J connectivity index is 2.44. The van der Waals surface area contributed by atoms with Crippen molar-refractivity contribution in [1.29, 1.82) is 0 Å². The lowest BCUT2D eigenvalue weighted by Crippen LogP contribution is -2.28. The molecule has 0 aliphatic carbocycles. The Morgan fingerprint density at radius 3 is 2.95 bits per heavy atom. The molecular weight excluding hydrogens is 268 g/mol. The van der Waals surface area contributed by atoms with Crippen LogP contribution in [0, 0.1) is 0 Å². The zero-order valence-electron chi connectivity index (χ0n) is 10.8. The van der Waals surface area contributed by atoms with Crippen molar-refractivity contribution >= 4 is 28.9 Å². The van der Waals surface area contributed by atoms with Crippen LogP contribution in [-0.4, -0.2) is 39.4 Å². The third kappa shape index (κ3) is 3.11. The third-order valence-corrected chi connectivity index (χ3v) is 3.32. The van der Waals surface area contributed by atoms with Crippen LogP contribution in [0.25, 0.3) is 0 Å². The molecule has 0 unspecified atom stereocenters. The van der Waals surface area contributed by atoms with Crippen molar-refractivity contribution in [2.45, 2.75) is 6.42 Å². The van der Waals surface area contributed by atoms with E-state index in [0.717, 1.165) is 19.6 Å². The fraction of sp³-hybridized carbons (Fsp3) is 0.462. The number of benzene rings is 1. The Morgan fingerprint density at radius 1 is 1.42 bits per heavy atom. The highest BCUT2D eigenvalue weighted by Crippen LogP contribution is 2.33. The van der Waals surface area contributed by atoms with Crippen LogP contribution in [0.3, 0.4) is 0 Å². The summed E-state index contributed by atoms with van der Waals surface area (Å²) in [6.07, 6.45) is 0.890. The SMILES string of the molecule is COC(=O)c1cc(N)cc(Cl)c1N1CCCOCC1. The molecule has 0 amide bonds. The van der Waals surface area contributed by atoms with Gasteiger partial charge in [0.15, 0.2) is 0 Å². The van der Waals surface area contributed by atoms with E-state index >= 15 is 0 Å². The normalized spacial score (nSPS) is 16.0. The average Bonchev–Trinajstić information content (AvgIpc) is 2.65. The number of anilines is 2. The van der Waals surface area contributed by atoms with Gasteiger partial charge < -0.3 is 20.1 Å². The number of nitrogen functional groups attached to an aromatic ring is 1. The lowest BCUT2D eigenvalue weighted by Gasteiger charge is -2.25. The van der Waals surface area contributed by atoms with E-state index in [9.17, 15) is 4.79 Å². The van der Waals surface area contributed by atoms with Crippen LogP contribution in [0.5, 0.6) is 0 Å². The Kier molecular flexibility index (Phi) is 4.50. The predicted octanol–water partition coefficient (Wildman–Crippen LogP) is 1.94. The van der Waals surface area contributed by atoms with Gasteiger partial charge in [0.2, 0.25) is 0 Å². The van der Waals surface area contributed by atoms with E-state index in [1.165, 1.54) is 7.11 Å². The minimum Gasteiger partial charge on any atom is -0.465 e. The van der Waals surface area contributed by atoms with Gasteiger partial charge in [-0.1, -0.05) is 11.6 Å². The van der Waals surface area contributed by atoms with Gasteiger partial charge in [-0.2, -0.15) is 0 Å². The molecule has 1 saturated heterocycles. The predicted molar refractivity (Wildman–Crippen MR) is 74.9 cm³/mol. The quantitative estimate of drug-likeness (QED) is 0.664. The molecule has 104 valence electrons.